The number of nitrogens with zero attached hydrogens (tertiary/aromatic N) is 2. The van der Waals surface area contributed by atoms with Crippen molar-refractivity contribution in [1.29, 1.82) is 0 Å². The van der Waals surface area contributed by atoms with Crippen molar-refractivity contribution in [3.05, 3.63) is 77.9 Å². The lowest BCUT2D eigenvalue weighted by atomic mass is 10.2. The molecule has 0 saturated heterocycles. The first-order chi connectivity index (χ1) is 15.3. The summed E-state index contributed by atoms with van der Waals surface area (Å²) in [5.41, 5.74) is 2.20. The second kappa shape index (κ2) is 8.58. The lowest BCUT2D eigenvalue weighted by Gasteiger charge is -2.14. The highest BCUT2D eigenvalue weighted by molar-refractivity contribution is 5.86. The lowest BCUT2D eigenvalue weighted by Crippen LogP contribution is -2.23. The van der Waals surface area contributed by atoms with Crippen molar-refractivity contribution >= 4 is 17.0 Å². The summed E-state index contributed by atoms with van der Waals surface area (Å²) >= 11 is 0. The number of carboxylic acid groups (broad SMARTS) is 1. The summed E-state index contributed by atoms with van der Waals surface area (Å²) in [5.74, 6) is -0.608. The van der Waals surface area contributed by atoms with E-state index in [1.165, 1.54) is 19.1 Å². The van der Waals surface area contributed by atoms with Crippen LogP contribution in [0.1, 0.15) is 18.2 Å². The van der Waals surface area contributed by atoms with Crippen molar-refractivity contribution < 1.29 is 28.9 Å². The highest BCUT2D eigenvalue weighted by Crippen LogP contribution is 2.36. The van der Waals surface area contributed by atoms with Gasteiger partial charge in [-0.2, -0.15) is 0 Å². The van der Waals surface area contributed by atoms with Crippen LogP contribution >= 0.6 is 0 Å². The van der Waals surface area contributed by atoms with Gasteiger partial charge in [0, 0.05) is 12.7 Å². The molecule has 0 fully saturated rings. The standard InChI is InChI=1S/C24H21FN2O5/c1-14-22(32-18-8-6-17(28)7-9-18)19-4-3-11-26-23(19)27(14)13-16-5-10-20(25)21(12-16)31-15(2)24(29)30/h3-12,15,28H,13H2,1-2H3,(H,29,30). The molecule has 0 saturated carbocycles. The van der Waals surface area contributed by atoms with Crippen LogP contribution in [0.4, 0.5) is 4.39 Å². The fourth-order valence-corrected chi connectivity index (χ4v) is 3.38. The van der Waals surface area contributed by atoms with Gasteiger partial charge >= 0.3 is 5.97 Å². The van der Waals surface area contributed by atoms with Crippen LogP contribution in [-0.2, 0) is 11.3 Å². The van der Waals surface area contributed by atoms with Crippen molar-refractivity contribution in [2.75, 3.05) is 0 Å². The van der Waals surface area contributed by atoms with E-state index in [1.54, 1.807) is 36.5 Å². The van der Waals surface area contributed by atoms with E-state index >= 15 is 0 Å². The number of hydrogen-bond acceptors (Lipinski definition) is 5. The van der Waals surface area contributed by atoms with Crippen molar-refractivity contribution in [2.45, 2.75) is 26.5 Å². The number of aliphatic carboxylic acids is 1. The molecule has 4 aromatic rings. The van der Waals surface area contributed by atoms with Gasteiger partial charge in [-0.15, -0.1) is 0 Å². The zero-order chi connectivity index (χ0) is 22.8. The van der Waals surface area contributed by atoms with Gasteiger partial charge in [-0.25, -0.2) is 14.2 Å². The van der Waals surface area contributed by atoms with Crippen LogP contribution in [-0.4, -0.2) is 31.8 Å². The van der Waals surface area contributed by atoms with Gasteiger partial charge in [-0.05, 0) is 67.9 Å². The fraction of sp³-hybridized carbons (Fsp3) is 0.167. The summed E-state index contributed by atoms with van der Waals surface area (Å²) in [5, 5.41) is 19.4. The number of fused-ring (bicyclic) bond motifs is 1. The second-order valence-corrected chi connectivity index (χ2v) is 7.33. The van der Waals surface area contributed by atoms with Crippen LogP contribution in [0.3, 0.4) is 0 Å². The zero-order valence-electron chi connectivity index (χ0n) is 17.4. The molecular weight excluding hydrogens is 415 g/mol. The zero-order valence-corrected chi connectivity index (χ0v) is 17.4. The molecule has 2 aromatic carbocycles. The van der Waals surface area contributed by atoms with E-state index in [0.29, 0.717) is 29.3 Å². The van der Waals surface area contributed by atoms with Gasteiger partial charge in [0.15, 0.2) is 23.4 Å². The Labute approximate surface area is 183 Å². The number of aromatic hydroxyl groups is 1. The number of ether oxygens (including phenoxy) is 2. The molecule has 0 radical (unpaired) electrons. The molecule has 2 aromatic heterocycles. The molecule has 164 valence electrons. The molecule has 8 heteroatoms. The molecule has 32 heavy (non-hydrogen) atoms. The van der Waals surface area contributed by atoms with E-state index < -0.39 is 17.9 Å². The number of carboxylic acids is 1. The number of hydrogen-bond donors (Lipinski definition) is 2. The average Bonchev–Trinajstić information content (AvgIpc) is 3.03. The van der Waals surface area contributed by atoms with Gasteiger partial charge < -0.3 is 24.3 Å². The highest BCUT2D eigenvalue weighted by Gasteiger charge is 2.19. The van der Waals surface area contributed by atoms with Gasteiger partial charge in [-0.1, -0.05) is 6.07 Å². The molecule has 4 rings (SSSR count). The van der Waals surface area contributed by atoms with E-state index in [2.05, 4.69) is 4.98 Å². The smallest absolute Gasteiger partial charge is 0.344 e. The second-order valence-electron chi connectivity index (χ2n) is 7.33. The molecule has 0 aliphatic heterocycles. The van der Waals surface area contributed by atoms with Gasteiger partial charge in [-0.3, -0.25) is 0 Å². The lowest BCUT2D eigenvalue weighted by molar-refractivity contribution is -0.144. The van der Waals surface area contributed by atoms with Crippen molar-refractivity contribution in [2.24, 2.45) is 0 Å². The van der Waals surface area contributed by atoms with Crippen molar-refractivity contribution in [3.63, 3.8) is 0 Å². The Morgan fingerprint density at radius 2 is 1.94 bits per heavy atom. The number of benzene rings is 2. The Hall–Kier alpha value is -4.07. The maximum atomic E-state index is 14.2. The molecule has 1 unspecified atom stereocenters. The molecule has 0 amide bonds. The summed E-state index contributed by atoms with van der Waals surface area (Å²) in [6.45, 7) is 3.58. The molecular formula is C24H21FN2O5. The molecule has 0 spiro atoms. The van der Waals surface area contributed by atoms with Crippen LogP contribution in [0.5, 0.6) is 23.0 Å². The minimum Gasteiger partial charge on any atom is -0.508 e. The number of phenols is 1. The molecule has 2 N–H and O–H groups in total. The third-order valence-corrected chi connectivity index (χ3v) is 5.06. The fourth-order valence-electron chi connectivity index (χ4n) is 3.38. The van der Waals surface area contributed by atoms with E-state index in [9.17, 15) is 14.3 Å². The van der Waals surface area contributed by atoms with E-state index in [1.807, 2.05) is 23.6 Å². The van der Waals surface area contributed by atoms with Crippen LogP contribution in [0.25, 0.3) is 11.0 Å². The Morgan fingerprint density at radius 3 is 2.66 bits per heavy atom. The Kier molecular flexibility index (Phi) is 5.68. The largest absolute Gasteiger partial charge is 0.508 e. The van der Waals surface area contributed by atoms with Crippen molar-refractivity contribution in [3.8, 4) is 23.0 Å². The summed E-state index contributed by atoms with van der Waals surface area (Å²) in [4.78, 5) is 15.6. The predicted molar refractivity (Wildman–Crippen MR) is 116 cm³/mol. The van der Waals surface area contributed by atoms with Crippen LogP contribution < -0.4 is 9.47 Å². The summed E-state index contributed by atoms with van der Waals surface area (Å²) in [6.07, 6.45) is 0.497. The van der Waals surface area contributed by atoms with Crippen molar-refractivity contribution in [1.82, 2.24) is 9.55 Å². The summed E-state index contributed by atoms with van der Waals surface area (Å²) in [6, 6.07) is 14.5. The Bertz CT molecular complexity index is 1280. The molecule has 0 aliphatic rings. The monoisotopic (exact) mass is 436 g/mol. The number of aromatic nitrogens is 2. The van der Waals surface area contributed by atoms with Crippen LogP contribution in [0.2, 0.25) is 0 Å². The van der Waals surface area contributed by atoms with Gasteiger partial charge in [0.2, 0.25) is 0 Å². The van der Waals surface area contributed by atoms with Gasteiger partial charge in [0.05, 0.1) is 11.1 Å². The Morgan fingerprint density at radius 1 is 1.19 bits per heavy atom. The van der Waals surface area contributed by atoms with Crippen LogP contribution in [0.15, 0.2) is 60.8 Å². The number of halogens is 1. The number of phenolic OH excluding ortho intramolecular Hbond substituents is 1. The SMILES string of the molecule is Cc1c(Oc2ccc(O)cc2)c2cccnc2n1Cc1ccc(F)c(OC(C)C(=O)O)c1. The number of carbonyl (C=O) groups is 1. The first kappa shape index (κ1) is 21.2. The molecule has 0 aliphatic carbocycles. The molecule has 1 atom stereocenters. The third kappa shape index (κ3) is 4.20. The third-order valence-electron chi connectivity index (χ3n) is 5.06. The quantitative estimate of drug-likeness (QED) is 0.429. The minimum atomic E-state index is -1.18. The number of rotatable bonds is 7. The maximum Gasteiger partial charge on any atom is 0.344 e. The summed E-state index contributed by atoms with van der Waals surface area (Å²) in [7, 11) is 0. The van der Waals surface area contributed by atoms with E-state index in [4.69, 9.17) is 14.6 Å². The van der Waals surface area contributed by atoms with E-state index in [0.717, 1.165) is 11.1 Å². The normalized spacial score (nSPS) is 12.0. The average molecular weight is 436 g/mol. The number of pyridine rings is 1. The first-order valence-corrected chi connectivity index (χ1v) is 9.92. The molecule has 2 heterocycles. The van der Waals surface area contributed by atoms with E-state index in [-0.39, 0.29) is 11.5 Å². The molecule has 7 nitrogen and oxygen atoms in total. The minimum absolute atomic E-state index is 0.125. The van der Waals surface area contributed by atoms with Gasteiger partial charge in [0.25, 0.3) is 0 Å². The van der Waals surface area contributed by atoms with Gasteiger partial charge in [0.1, 0.15) is 17.1 Å². The molecule has 0 bridgehead atoms. The highest BCUT2D eigenvalue weighted by atomic mass is 19.1. The Balaban J connectivity index is 1.70. The van der Waals surface area contributed by atoms with Crippen LogP contribution in [0, 0.1) is 12.7 Å². The first-order valence-electron chi connectivity index (χ1n) is 9.92. The predicted octanol–water partition coefficient (Wildman–Crippen LogP) is 4.88. The topological polar surface area (TPSA) is 93.8 Å². The maximum absolute atomic E-state index is 14.2. The summed E-state index contributed by atoms with van der Waals surface area (Å²) < 4.78 is 27.4.